The second-order valence-electron chi connectivity index (χ2n) is 6.88. The van der Waals surface area contributed by atoms with E-state index in [2.05, 4.69) is 45.9 Å². The fourth-order valence-corrected chi connectivity index (χ4v) is 2.58. The van der Waals surface area contributed by atoms with Gasteiger partial charge in [-0.2, -0.15) is 0 Å². The summed E-state index contributed by atoms with van der Waals surface area (Å²) >= 11 is 0. The van der Waals surface area contributed by atoms with E-state index in [0.717, 1.165) is 25.3 Å². The number of hydrogen-bond acceptors (Lipinski definition) is 2. The molecular formula is C17H27NO. The van der Waals surface area contributed by atoms with Gasteiger partial charge in [-0.15, -0.1) is 0 Å². The van der Waals surface area contributed by atoms with Crippen LogP contribution in [0.15, 0.2) is 18.2 Å². The maximum Gasteiger partial charge on any atom is 0.122 e. The zero-order chi connectivity index (χ0) is 14.1. The molecule has 0 heterocycles. The first-order valence-corrected chi connectivity index (χ1v) is 7.37. The lowest BCUT2D eigenvalue weighted by molar-refractivity contribution is 0.236. The molecule has 0 aliphatic heterocycles. The fourth-order valence-electron chi connectivity index (χ4n) is 2.58. The van der Waals surface area contributed by atoms with E-state index in [0.29, 0.717) is 0 Å². The maximum absolute atomic E-state index is 6.10. The van der Waals surface area contributed by atoms with Crippen LogP contribution in [0.2, 0.25) is 0 Å². The standard InChI is InChI=1S/C17H27NO/c1-5-13-14(16(2,3)4)7-6-8-15(13)19-12-17(11-18)9-10-17/h6-8H,5,9-12,18H2,1-4H3. The average Bonchev–Trinajstić information content (AvgIpc) is 3.15. The minimum absolute atomic E-state index is 0.163. The lowest BCUT2D eigenvalue weighted by atomic mass is 9.83. The predicted molar refractivity (Wildman–Crippen MR) is 80.7 cm³/mol. The van der Waals surface area contributed by atoms with Crippen molar-refractivity contribution in [1.82, 2.24) is 0 Å². The van der Waals surface area contributed by atoms with Crippen LogP contribution < -0.4 is 10.5 Å². The van der Waals surface area contributed by atoms with Crippen molar-refractivity contribution in [2.75, 3.05) is 13.2 Å². The zero-order valence-electron chi connectivity index (χ0n) is 12.8. The van der Waals surface area contributed by atoms with Crippen LogP contribution in [-0.4, -0.2) is 13.2 Å². The minimum atomic E-state index is 0.163. The molecule has 0 spiro atoms. The van der Waals surface area contributed by atoms with Crippen LogP contribution in [0.5, 0.6) is 5.75 Å². The topological polar surface area (TPSA) is 35.2 Å². The first-order chi connectivity index (χ1) is 8.92. The van der Waals surface area contributed by atoms with Crippen LogP contribution in [-0.2, 0) is 11.8 Å². The van der Waals surface area contributed by atoms with Gasteiger partial charge in [0.2, 0.25) is 0 Å². The molecule has 2 N–H and O–H groups in total. The summed E-state index contributed by atoms with van der Waals surface area (Å²) in [6.07, 6.45) is 3.44. The van der Waals surface area contributed by atoms with Gasteiger partial charge >= 0.3 is 0 Å². The van der Waals surface area contributed by atoms with Crippen molar-refractivity contribution in [3.8, 4) is 5.75 Å². The van der Waals surface area contributed by atoms with E-state index in [4.69, 9.17) is 10.5 Å². The van der Waals surface area contributed by atoms with Crippen molar-refractivity contribution in [3.05, 3.63) is 29.3 Å². The zero-order valence-corrected chi connectivity index (χ0v) is 12.8. The van der Waals surface area contributed by atoms with E-state index in [1.807, 2.05) is 0 Å². The summed E-state index contributed by atoms with van der Waals surface area (Å²) in [4.78, 5) is 0. The van der Waals surface area contributed by atoms with Gasteiger partial charge in [-0.25, -0.2) is 0 Å². The molecule has 2 heteroatoms. The fraction of sp³-hybridized carbons (Fsp3) is 0.647. The molecule has 1 aliphatic carbocycles. The highest BCUT2D eigenvalue weighted by Crippen LogP contribution is 2.45. The highest BCUT2D eigenvalue weighted by atomic mass is 16.5. The Kier molecular flexibility index (Phi) is 3.91. The normalized spacial score (nSPS) is 17.3. The quantitative estimate of drug-likeness (QED) is 0.878. The maximum atomic E-state index is 6.10. The second-order valence-corrected chi connectivity index (χ2v) is 6.88. The van der Waals surface area contributed by atoms with Crippen LogP contribution in [0.25, 0.3) is 0 Å². The third-order valence-corrected chi connectivity index (χ3v) is 4.22. The molecule has 0 atom stereocenters. The Morgan fingerprint density at radius 2 is 1.95 bits per heavy atom. The Morgan fingerprint density at radius 1 is 1.26 bits per heavy atom. The highest BCUT2D eigenvalue weighted by molar-refractivity contribution is 5.43. The van der Waals surface area contributed by atoms with Gasteiger partial charge in [-0.05, 0) is 41.9 Å². The van der Waals surface area contributed by atoms with Crippen LogP contribution in [0.4, 0.5) is 0 Å². The van der Waals surface area contributed by atoms with Gasteiger partial charge in [-0.1, -0.05) is 39.8 Å². The average molecular weight is 261 g/mol. The molecule has 1 aromatic carbocycles. The summed E-state index contributed by atoms with van der Waals surface area (Å²) in [5, 5.41) is 0. The summed E-state index contributed by atoms with van der Waals surface area (Å²) in [7, 11) is 0. The van der Waals surface area contributed by atoms with Crippen LogP contribution in [0, 0.1) is 5.41 Å². The van der Waals surface area contributed by atoms with E-state index in [1.165, 1.54) is 24.0 Å². The molecule has 0 amide bonds. The van der Waals surface area contributed by atoms with Crippen LogP contribution in [0.3, 0.4) is 0 Å². The van der Waals surface area contributed by atoms with Crippen LogP contribution in [0.1, 0.15) is 51.7 Å². The first-order valence-electron chi connectivity index (χ1n) is 7.37. The second kappa shape index (κ2) is 5.16. The Balaban J connectivity index is 2.20. The summed E-state index contributed by atoms with van der Waals surface area (Å²) in [5.74, 6) is 1.05. The molecule has 0 aromatic heterocycles. The Hall–Kier alpha value is -1.02. The minimum Gasteiger partial charge on any atom is -0.493 e. The SMILES string of the molecule is CCc1c(OCC2(CN)CC2)cccc1C(C)(C)C. The lowest BCUT2D eigenvalue weighted by Gasteiger charge is -2.25. The molecule has 1 aliphatic rings. The molecule has 19 heavy (non-hydrogen) atoms. The summed E-state index contributed by atoms with van der Waals surface area (Å²) in [6.45, 7) is 10.5. The van der Waals surface area contributed by atoms with Crippen molar-refractivity contribution < 1.29 is 4.74 Å². The Bertz CT molecular complexity index is 441. The van der Waals surface area contributed by atoms with Crippen molar-refractivity contribution in [3.63, 3.8) is 0 Å². The highest BCUT2D eigenvalue weighted by Gasteiger charge is 2.42. The monoisotopic (exact) mass is 261 g/mol. The van der Waals surface area contributed by atoms with Crippen LogP contribution >= 0.6 is 0 Å². The number of rotatable bonds is 5. The van der Waals surface area contributed by atoms with Gasteiger partial charge in [0, 0.05) is 12.0 Å². The number of hydrogen-bond donors (Lipinski definition) is 1. The van der Waals surface area contributed by atoms with Gasteiger partial charge in [0.05, 0.1) is 6.61 Å². The van der Waals surface area contributed by atoms with Gasteiger partial charge < -0.3 is 10.5 Å². The number of benzene rings is 1. The molecular weight excluding hydrogens is 234 g/mol. The van der Waals surface area contributed by atoms with Gasteiger partial charge in [-0.3, -0.25) is 0 Å². The molecule has 1 aromatic rings. The third-order valence-electron chi connectivity index (χ3n) is 4.22. The molecule has 0 unspecified atom stereocenters. The van der Waals surface area contributed by atoms with Gasteiger partial charge in [0.1, 0.15) is 5.75 Å². The van der Waals surface area contributed by atoms with Gasteiger partial charge in [0.25, 0.3) is 0 Å². The molecule has 106 valence electrons. The predicted octanol–water partition coefficient (Wildman–Crippen LogP) is 3.66. The van der Waals surface area contributed by atoms with E-state index >= 15 is 0 Å². The first kappa shape index (κ1) is 14.4. The summed E-state index contributed by atoms with van der Waals surface area (Å²) in [5.41, 5.74) is 9.00. The Morgan fingerprint density at radius 3 is 2.42 bits per heavy atom. The van der Waals surface area contributed by atoms with Gasteiger partial charge in [0.15, 0.2) is 0 Å². The lowest BCUT2D eigenvalue weighted by Crippen LogP contribution is -2.23. The molecule has 1 fully saturated rings. The summed E-state index contributed by atoms with van der Waals surface area (Å²) < 4.78 is 6.10. The van der Waals surface area contributed by atoms with Crippen molar-refractivity contribution in [2.45, 2.75) is 52.4 Å². The van der Waals surface area contributed by atoms with Crippen molar-refractivity contribution in [2.24, 2.45) is 11.1 Å². The van der Waals surface area contributed by atoms with E-state index in [1.54, 1.807) is 0 Å². The smallest absolute Gasteiger partial charge is 0.122 e. The van der Waals surface area contributed by atoms with E-state index in [-0.39, 0.29) is 10.8 Å². The third kappa shape index (κ3) is 3.11. The van der Waals surface area contributed by atoms with Crippen molar-refractivity contribution in [1.29, 1.82) is 0 Å². The number of ether oxygens (including phenoxy) is 1. The molecule has 0 saturated heterocycles. The molecule has 1 saturated carbocycles. The van der Waals surface area contributed by atoms with E-state index < -0.39 is 0 Å². The summed E-state index contributed by atoms with van der Waals surface area (Å²) in [6, 6.07) is 6.43. The Labute approximate surface area is 117 Å². The molecule has 2 rings (SSSR count). The molecule has 0 radical (unpaired) electrons. The van der Waals surface area contributed by atoms with Crippen molar-refractivity contribution >= 4 is 0 Å². The number of nitrogens with two attached hydrogens (primary N) is 1. The van der Waals surface area contributed by atoms with E-state index in [9.17, 15) is 0 Å². The largest absolute Gasteiger partial charge is 0.493 e. The molecule has 2 nitrogen and oxygen atoms in total. The molecule has 0 bridgehead atoms.